The Balaban J connectivity index is 1.90. The molecule has 2 N–H and O–H groups in total. The maximum absolute atomic E-state index is 10.8. The zero-order valence-corrected chi connectivity index (χ0v) is 8.29. The molecule has 0 amide bonds. The molecule has 0 radical (unpaired) electrons. The minimum Gasteiger partial charge on any atom is -0.481 e. The molecule has 0 bridgehead atoms. The van der Waals surface area contributed by atoms with E-state index in [0.717, 1.165) is 45.3 Å². The predicted molar refractivity (Wildman–Crippen MR) is 50.9 cm³/mol. The predicted octanol–water partition coefficient (Wildman–Crippen LogP) is 0.967. The zero-order chi connectivity index (χ0) is 10.0. The van der Waals surface area contributed by atoms with Crippen LogP contribution in [0.4, 0.5) is 0 Å². The molecule has 14 heavy (non-hydrogen) atoms. The van der Waals surface area contributed by atoms with Gasteiger partial charge in [-0.3, -0.25) is 10.1 Å². The Morgan fingerprint density at radius 1 is 1.43 bits per heavy atom. The first-order chi connectivity index (χ1) is 6.72. The highest BCUT2D eigenvalue weighted by molar-refractivity contribution is 5.70. The van der Waals surface area contributed by atoms with Crippen molar-refractivity contribution in [1.82, 2.24) is 5.32 Å². The number of aliphatic carboxylic acids is 1. The van der Waals surface area contributed by atoms with Crippen molar-refractivity contribution in [2.45, 2.75) is 37.8 Å². The largest absolute Gasteiger partial charge is 0.481 e. The summed E-state index contributed by atoms with van der Waals surface area (Å²) in [5.74, 6) is -0.816. The topological polar surface area (TPSA) is 58.6 Å². The first-order valence-corrected chi connectivity index (χ1v) is 5.34. The summed E-state index contributed by atoms with van der Waals surface area (Å²) < 4.78 is 5.73. The molecule has 1 aliphatic heterocycles. The first-order valence-electron chi connectivity index (χ1n) is 5.34. The fourth-order valence-corrected chi connectivity index (χ4v) is 2.36. The van der Waals surface area contributed by atoms with Crippen LogP contribution in [0.5, 0.6) is 0 Å². The summed E-state index contributed by atoms with van der Waals surface area (Å²) in [6.45, 7) is 1.81. The number of hydrogen-bond acceptors (Lipinski definition) is 3. The number of carboxylic acid groups (broad SMARTS) is 1. The normalized spacial score (nSPS) is 38.4. The van der Waals surface area contributed by atoms with Gasteiger partial charge in [0, 0.05) is 0 Å². The van der Waals surface area contributed by atoms with Gasteiger partial charge in [-0.15, -0.1) is 0 Å². The van der Waals surface area contributed by atoms with Gasteiger partial charge in [-0.05, 0) is 38.6 Å². The summed E-state index contributed by atoms with van der Waals surface area (Å²) in [5, 5.41) is 12.2. The lowest BCUT2D eigenvalue weighted by Crippen LogP contribution is -2.54. The molecule has 0 atom stereocenters. The van der Waals surface area contributed by atoms with E-state index in [1.54, 1.807) is 0 Å². The third-order valence-corrected chi connectivity index (χ3v) is 3.29. The Labute approximate surface area is 83.6 Å². The molecule has 4 nitrogen and oxygen atoms in total. The fourth-order valence-electron chi connectivity index (χ4n) is 2.36. The van der Waals surface area contributed by atoms with Crippen molar-refractivity contribution in [3.63, 3.8) is 0 Å². The summed E-state index contributed by atoms with van der Waals surface area (Å²) in [7, 11) is 0. The van der Waals surface area contributed by atoms with Crippen molar-refractivity contribution in [3.8, 4) is 0 Å². The summed E-state index contributed by atoms with van der Waals surface area (Å²) in [5.41, 5.74) is -0.190. The van der Waals surface area contributed by atoms with Gasteiger partial charge in [-0.1, -0.05) is 0 Å². The van der Waals surface area contributed by atoms with Crippen LogP contribution in [-0.2, 0) is 9.53 Å². The van der Waals surface area contributed by atoms with E-state index in [4.69, 9.17) is 9.84 Å². The van der Waals surface area contributed by atoms with Crippen LogP contribution in [0.2, 0.25) is 0 Å². The summed E-state index contributed by atoms with van der Waals surface area (Å²) in [6.07, 6.45) is 4.21. The number of ether oxygens (including phenoxy) is 1. The number of nitrogens with one attached hydrogen (secondary N) is 1. The summed E-state index contributed by atoms with van der Waals surface area (Å²) in [4.78, 5) is 10.8. The molecule has 2 rings (SSSR count). The molecule has 1 saturated carbocycles. The maximum Gasteiger partial charge on any atom is 0.306 e. The number of rotatable bonds is 1. The first kappa shape index (κ1) is 9.93. The molecule has 0 aromatic heterocycles. The van der Waals surface area contributed by atoms with Gasteiger partial charge in [0.05, 0.1) is 12.5 Å². The van der Waals surface area contributed by atoms with Crippen LogP contribution in [0.3, 0.4) is 0 Å². The van der Waals surface area contributed by atoms with Gasteiger partial charge in [-0.25, -0.2) is 0 Å². The molecule has 80 valence electrons. The Bertz CT molecular complexity index is 213. The van der Waals surface area contributed by atoms with Gasteiger partial charge in [-0.2, -0.15) is 0 Å². The molecular formula is C10H17NO3. The Morgan fingerprint density at radius 2 is 2.14 bits per heavy atom. The highest BCUT2D eigenvalue weighted by Crippen LogP contribution is 2.34. The highest BCUT2D eigenvalue weighted by Gasteiger charge is 2.39. The van der Waals surface area contributed by atoms with E-state index in [2.05, 4.69) is 5.32 Å². The van der Waals surface area contributed by atoms with E-state index in [9.17, 15) is 4.79 Å². The van der Waals surface area contributed by atoms with E-state index in [0.29, 0.717) is 0 Å². The minimum absolute atomic E-state index is 0.159. The quantitative estimate of drug-likeness (QED) is 0.660. The van der Waals surface area contributed by atoms with Crippen molar-refractivity contribution in [3.05, 3.63) is 0 Å². The Morgan fingerprint density at radius 3 is 2.64 bits per heavy atom. The summed E-state index contributed by atoms with van der Waals surface area (Å²) in [6, 6.07) is 0. The fraction of sp³-hybridized carbons (Fsp3) is 0.900. The van der Waals surface area contributed by atoms with Crippen molar-refractivity contribution in [2.75, 3.05) is 13.2 Å². The van der Waals surface area contributed by atoms with Crippen LogP contribution in [0, 0.1) is 5.92 Å². The average molecular weight is 199 g/mol. The van der Waals surface area contributed by atoms with Crippen LogP contribution in [0.1, 0.15) is 32.1 Å². The highest BCUT2D eigenvalue weighted by atomic mass is 16.5. The van der Waals surface area contributed by atoms with Gasteiger partial charge in [0.15, 0.2) is 0 Å². The molecule has 0 aromatic rings. The zero-order valence-electron chi connectivity index (χ0n) is 8.29. The maximum atomic E-state index is 10.8. The Hall–Kier alpha value is -0.610. The molecule has 1 saturated heterocycles. The molecule has 1 heterocycles. The van der Waals surface area contributed by atoms with E-state index in [1.165, 1.54) is 0 Å². The van der Waals surface area contributed by atoms with Crippen molar-refractivity contribution < 1.29 is 14.6 Å². The Kier molecular flexibility index (Phi) is 2.74. The minimum atomic E-state index is -0.657. The van der Waals surface area contributed by atoms with E-state index in [-0.39, 0.29) is 11.6 Å². The van der Waals surface area contributed by atoms with Gasteiger partial charge in [0.25, 0.3) is 0 Å². The van der Waals surface area contributed by atoms with Crippen LogP contribution < -0.4 is 5.32 Å². The standard InChI is InChI=1S/C10H17NO3/c12-9(13)8-2-4-10(5-3-8)11-6-1-7-14-10/h8,11H,1-7H2,(H,12,13). The molecule has 2 fully saturated rings. The van der Waals surface area contributed by atoms with Gasteiger partial charge < -0.3 is 9.84 Å². The second kappa shape index (κ2) is 3.87. The molecule has 0 aromatic carbocycles. The van der Waals surface area contributed by atoms with Crippen molar-refractivity contribution >= 4 is 5.97 Å². The van der Waals surface area contributed by atoms with Crippen LogP contribution >= 0.6 is 0 Å². The van der Waals surface area contributed by atoms with Gasteiger partial charge >= 0.3 is 5.97 Å². The molecule has 2 aliphatic rings. The smallest absolute Gasteiger partial charge is 0.306 e. The lowest BCUT2D eigenvalue weighted by atomic mass is 9.83. The monoisotopic (exact) mass is 199 g/mol. The van der Waals surface area contributed by atoms with E-state index >= 15 is 0 Å². The third-order valence-electron chi connectivity index (χ3n) is 3.29. The van der Waals surface area contributed by atoms with Crippen LogP contribution in [0.25, 0.3) is 0 Å². The van der Waals surface area contributed by atoms with E-state index < -0.39 is 5.97 Å². The van der Waals surface area contributed by atoms with Gasteiger partial charge in [0.2, 0.25) is 0 Å². The molecule has 4 heteroatoms. The van der Waals surface area contributed by atoms with Crippen molar-refractivity contribution in [2.24, 2.45) is 5.92 Å². The van der Waals surface area contributed by atoms with Gasteiger partial charge in [0.1, 0.15) is 5.72 Å². The SMILES string of the molecule is O=C(O)C1CCC2(CC1)NCCCO2. The lowest BCUT2D eigenvalue weighted by molar-refractivity contribution is -0.151. The number of carboxylic acids is 1. The average Bonchev–Trinajstić information content (AvgIpc) is 2.19. The molecular weight excluding hydrogens is 182 g/mol. The lowest BCUT2D eigenvalue weighted by Gasteiger charge is -2.42. The molecule has 1 spiro atoms. The second-order valence-electron chi connectivity index (χ2n) is 4.24. The number of carbonyl (C=O) groups is 1. The van der Waals surface area contributed by atoms with Crippen molar-refractivity contribution in [1.29, 1.82) is 0 Å². The summed E-state index contributed by atoms with van der Waals surface area (Å²) >= 11 is 0. The third kappa shape index (κ3) is 1.91. The van der Waals surface area contributed by atoms with Crippen LogP contribution in [0.15, 0.2) is 0 Å². The molecule has 1 aliphatic carbocycles. The second-order valence-corrected chi connectivity index (χ2v) is 4.24. The number of hydrogen-bond donors (Lipinski definition) is 2. The van der Waals surface area contributed by atoms with Crippen LogP contribution in [-0.4, -0.2) is 30.0 Å². The van der Waals surface area contributed by atoms with E-state index in [1.807, 2.05) is 0 Å². The molecule has 0 unspecified atom stereocenters.